The minimum atomic E-state index is -0.206. The van der Waals surface area contributed by atoms with E-state index in [2.05, 4.69) is 63.8 Å². The molecule has 1 aromatic rings. The van der Waals surface area contributed by atoms with Crippen LogP contribution in [-0.2, 0) is 5.41 Å². The molecule has 1 N–H and O–H groups in total. The first-order valence-electron chi connectivity index (χ1n) is 6.76. The Hall–Kier alpha value is -1.02. The first-order chi connectivity index (χ1) is 8.20. The van der Waals surface area contributed by atoms with E-state index in [-0.39, 0.29) is 17.1 Å². The van der Waals surface area contributed by atoms with E-state index in [1.807, 2.05) is 0 Å². The lowest BCUT2D eigenvalue weighted by Gasteiger charge is -2.33. The van der Waals surface area contributed by atoms with E-state index in [0.717, 1.165) is 13.0 Å². The van der Waals surface area contributed by atoms with Crippen LogP contribution >= 0.6 is 0 Å². The van der Waals surface area contributed by atoms with Crippen molar-refractivity contribution >= 4 is 5.69 Å². The fourth-order valence-electron chi connectivity index (χ4n) is 2.81. The van der Waals surface area contributed by atoms with E-state index in [9.17, 15) is 5.11 Å². The molecular weight excluding hydrogens is 222 g/mol. The van der Waals surface area contributed by atoms with Crippen LogP contribution < -0.4 is 4.90 Å². The zero-order valence-electron chi connectivity index (χ0n) is 12.2. The molecular formula is C16H25NO. The van der Waals surface area contributed by atoms with Crippen LogP contribution in [0.5, 0.6) is 0 Å². The highest BCUT2D eigenvalue weighted by atomic mass is 16.3. The minimum absolute atomic E-state index is 0.0443. The fraction of sp³-hybridized carbons (Fsp3) is 0.625. The minimum Gasteiger partial charge on any atom is -0.391 e. The monoisotopic (exact) mass is 247 g/mol. The molecule has 1 fully saturated rings. The van der Waals surface area contributed by atoms with Gasteiger partial charge in [-0.2, -0.15) is 0 Å². The van der Waals surface area contributed by atoms with Gasteiger partial charge in [-0.05, 0) is 43.4 Å². The Morgan fingerprint density at radius 2 is 1.72 bits per heavy atom. The molecule has 1 aromatic carbocycles. The number of rotatable bonds is 1. The third-order valence-corrected chi connectivity index (χ3v) is 3.90. The smallest absolute Gasteiger partial charge is 0.0737 e. The van der Waals surface area contributed by atoms with Gasteiger partial charge in [-0.25, -0.2) is 0 Å². The number of anilines is 1. The maximum atomic E-state index is 9.84. The average Bonchev–Trinajstić information content (AvgIpc) is 2.51. The summed E-state index contributed by atoms with van der Waals surface area (Å²) in [4.78, 5) is 2.31. The van der Waals surface area contributed by atoms with Gasteiger partial charge in [0.15, 0.2) is 0 Å². The van der Waals surface area contributed by atoms with Crippen molar-refractivity contribution in [2.45, 2.75) is 58.1 Å². The summed E-state index contributed by atoms with van der Waals surface area (Å²) in [6.45, 7) is 11.8. The van der Waals surface area contributed by atoms with Crippen molar-refractivity contribution in [3.63, 3.8) is 0 Å². The summed E-state index contributed by atoms with van der Waals surface area (Å²) in [6, 6.07) is 8.77. The number of aliphatic hydroxyl groups excluding tert-OH is 1. The number of β-amino-alcohol motifs (C(OH)–C–C–N with tert-alkyl or cyclic N) is 1. The summed E-state index contributed by atoms with van der Waals surface area (Å²) in [7, 11) is 0. The van der Waals surface area contributed by atoms with Crippen molar-refractivity contribution in [1.29, 1.82) is 0 Å². The van der Waals surface area contributed by atoms with Gasteiger partial charge >= 0.3 is 0 Å². The summed E-state index contributed by atoms with van der Waals surface area (Å²) < 4.78 is 0. The van der Waals surface area contributed by atoms with Crippen molar-refractivity contribution in [3.05, 3.63) is 29.8 Å². The standard InChI is InChI=1S/C16H25NO/c1-15(2,3)12-6-8-13(9-7-12)17-11-14(18)10-16(17,4)5/h6-9,14,18H,10-11H2,1-5H3. The molecule has 0 spiro atoms. The van der Waals surface area contributed by atoms with Crippen LogP contribution in [0.25, 0.3) is 0 Å². The molecule has 1 aliphatic heterocycles. The van der Waals surface area contributed by atoms with Gasteiger partial charge in [0.1, 0.15) is 0 Å². The molecule has 18 heavy (non-hydrogen) atoms. The van der Waals surface area contributed by atoms with Gasteiger partial charge in [0, 0.05) is 17.8 Å². The van der Waals surface area contributed by atoms with Crippen molar-refractivity contribution < 1.29 is 5.11 Å². The number of nitrogens with zero attached hydrogens (tertiary/aromatic N) is 1. The van der Waals surface area contributed by atoms with Gasteiger partial charge in [0.25, 0.3) is 0 Å². The van der Waals surface area contributed by atoms with Crippen LogP contribution in [0.1, 0.15) is 46.6 Å². The van der Waals surface area contributed by atoms with Gasteiger partial charge in [-0.3, -0.25) is 0 Å². The maximum Gasteiger partial charge on any atom is 0.0737 e. The van der Waals surface area contributed by atoms with Gasteiger partial charge in [0.05, 0.1) is 6.10 Å². The summed E-state index contributed by atoms with van der Waals surface area (Å²) >= 11 is 0. The lowest BCUT2D eigenvalue weighted by molar-refractivity contribution is 0.188. The second kappa shape index (κ2) is 4.27. The second-order valence-corrected chi connectivity index (χ2v) is 7.08. The molecule has 2 rings (SSSR count). The number of benzene rings is 1. The first kappa shape index (κ1) is 13.4. The molecule has 2 nitrogen and oxygen atoms in total. The Bertz CT molecular complexity index is 414. The topological polar surface area (TPSA) is 23.5 Å². The van der Waals surface area contributed by atoms with Crippen molar-refractivity contribution in [2.24, 2.45) is 0 Å². The molecule has 0 aliphatic carbocycles. The van der Waals surface area contributed by atoms with E-state index < -0.39 is 0 Å². The molecule has 1 unspecified atom stereocenters. The summed E-state index contributed by atoms with van der Waals surface area (Å²) in [5, 5.41) is 9.84. The van der Waals surface area contributed by atoms with E-state index in [1.54, 1.807) is 0 Å². The number of hydrogen-bond donors (Lipinski definition) is 1. The molecule has 0 saturated carbocycles. The number of hydrogen-bond acceptors (Lipinski definition) is 2. The van der Waals surface area contributed by atoms with E-state index >= 15 is 0 Å². The Morgan fingerprint density at radius 1 is 1.17 bits per heavy atom. The lowest BCUT2D eigenvalue weighted by atomic mass is 9.87. The molecule has 2 heteroatoms. The third-order valence-electron chi connectivity index (χ3n) is 3.90. The SMILES string of the molecule is CC(C)(C)c1ccc(N2CC(O)CC2(C)C)cc1. The zero-order chi connectivity index (χ0) is 13.6. The summed E-state index contributed by atoms with van der Waals surface area (Å²) in [6.07, 6.45) is 0.635. The highest BCUT2D eigenvalue weighted by Crippen LogP contribution is 2.34. The van der Waals surface area contributed by atoms with Gasteiger partial charge in [-0.1, -0.05) is 32.9 Å². The molecule has 1 heterocycles. The van der Waals surface area contributed by atoms with Crippen LogP contribution in [0, 0.1) is 0 Å². The molecule has 1 atom stereocenters. The summed E-state index contributed by atoms with van der Waals surface area (Å²) in [5.74, 6) is 0. The third kappa shape index (κ3) is 2.54. The zero-order valence-corrected chi connectivity index (χ0v) is 12.2. The van der Waals surface area contributed by atoms with Crippen LogP contribution in [0.2, 0.25) is 0 Å². The highest BCUT2D eigenvalue weighted by molar-refractivity contribution is 5.52. The van der Waals surface area contributed by atoms with Crippen LogP contribution in [0.15, 0.2) is 24.3 Å². The van der Waals surface area contributed by atoms with Crippen molar-refractivity contribution in [3.8, 4) is 0 Å². The molecule has 0 aromatic heterocycles. The normalized spacial score (nSPS) is 23.4. The van der Waals surface area contributed by atoms with Crippen LogP contribution in [0.4, 0.5) is 5.69 Å². The van der Waals surface area contributed by atoms with Gasteiger partial charge in [0.2, 0.25) is 0 Å². The van der Waals surface area contributed by atoms with Crippen LogP contribution in [-0.4, -0.2) is 23.3 Å². The second-order valence-electron chi connectivity index (χ2n) is 7.08. The predicted octanol–water partition coefficient (Wildman–Crippen LogP) is 3.33. The van der Waals surface area contributed by atoms with E-state index in [1.165, 1.54) is 11.3 Å². The Balaban J connectivity index is 2.25. The summed E-state index contributed by atoms with van der Waals surface area (Å²) in [5.41, 5.74) is 2.80. The number of aliphatic hydroxyl groups is 1. The molecule has 1 saturated heterocycles. The predicted molar refractivity (Wildman–Crippen MR) is 77.2 cm³/mol. The van der Waals surface area contributed by atoms with Gasteiger partial charge < -0.3 is 10.0 Å². The van der Waals surface area contributed by atoms with E-state index in [4.69, 9.17) is 0 Å². The van der Waals surface area contributed by atoms with Crippen molar-refractivity contribution in [2.75, 3.05) is 11.4 Å². The van der Waals surface area contributed by atoms with Crippen LogP contribution in [0.3, 0.4) is 0 Å². The molecule has 1 aliphatic rings. The Labute approximate surface area is 111 Å². The average molecular weight is 247 g/mol. The van der Waals surface area contributed by atoms with E-state index in [0.29, 0.717) is 0 Å². The fourth-order valence-corrected chi connectivity index (χ4v) is 2.81. The maximum absolute atomic E-state index is 9.84. The Morgan fingerprint density at radius 3 is 2.11 bits per heavy atom. The molecule has 0 radical (unpaired) electrons. The van der Waals surface area contributed by atoms with Gasteiger partial charge in [-0.15, -0.1) is 0 Å². The first-order valence-corrected chi connectivity index (χ1v) is 6.76. The quantitative estimate of drug-likeness (QED) is 0.823. The molecule has 0 amide bonds. The molecule has 0 bridgehead atoms. The lowest BCUT2D eigenvalue weighted by Crippen LogP contribution is -2.38. The Kier molecular flexibility index (Phi) is 3.18. The largest absolute Gasteiger partial charge is 0.391 e. The molecule has 100 valence electrons. The van der Waals surface area contributed by atoms with Crippen molar-refractivity contribution in [1.82, 2.24) is 0 Å². The highest BCUT2D eigenvalue weighted by Gasteiger charge is 2.37.